The molecule has 0 atom stereocenters. The smallest absolute Gasteiger partial charge is 0.272 e. The van der Waals surface area contributed by atoms with Crippen LogP contribution in [0.2, 0.25) is 0 Å². The van der Waals surface area contributed by atoms with Gasteiger partial charge in [0, 0.05) is 19.5 Å². The highest BCUT2D eigenvalue weighted by Crippen LogP contribution is 2.17. The number of hydrogen-bond acceptors (Lipinski definition) is 3. The van der Waals surface area contributed by atoms with Crippen molar-refractivity contribution in [2.45, 2.75) is 47.2 Å². The van der Waals surface area contributed by atoms with Gasteiger partial charge in [-0.2, -0.15) is 0 Å². The lowest BCUT2D eigenvalue weighted by atomic mass is 10.1. The standard InChI is InChI=1S/C22H25N3O2/c1-14-5-7-18(8-6-14)13-23-21(26)9-10-25-20-12-16(3)15(2)11-19(20)24-17(4)22(25)27/h5-8,11-12H,9-10,13H2,1-4H3,(H,23,26). The third kappa shape index (κ3) is 4.25. The fourth-order valence-electron chi connectivity index (χ4n) is 3.05. The third-order valence-electron chi connectivity index (χ3n) is 4.90. The van der Waals surface area contributed by atoms with E-state index in [1.807, 2.05) is 57.2 Å². The summed E-state index contributed by atoms with van der Waals surface area (Å²) < 4.78 is 1.66. The molecule has 140 valence electrons. The monoisotopic (exact) mass is 363 g/mol. The predicted molar refractivity (Wildman–Crippen MR) is 108 cm³/mol. The summed E-state index contributed by atoms with van der Waals surface area (Å²) in [4.78, 5) is 29.3. The number of fused-ring (bicyclic) bond motifs is 1. The molecule has 1 aromatic heterocycles. The number of carbonyl (C=O) groups is 1. The second-order valence-corrected chi connectivity index (χ2v) is 7.09. The van der Waals surface area contributed by atoms with Crippen molar-refractivity contribution in [2.24, 2.45) is 0 Å². The van der Waals surface area contributed by atoms with Crippen molar-refractivity contribution in [3.63, 3.8) is 0 Å². The van der Waals surface area contributed by atoms with Crippen LogP contribution in [0.15, 0.2) is 41.2 Å². The van der Waals surface area contributed by atoms with Gasteiger partial charge < -0.3 is 9.88 Å². The Balaban J connectivity index is 1.75. The molecule has 0 bridgehead atoms. The van der Waals surface area contributed by atoms with E-state index in [-0.39, 0.29) is 17.9 Å². The summed E-state index contributed by atoms with van der Waals surface area (Å²) >= 11 is 0. The summed E-state index contributed by atoms with van der Waals surface area (Å²) in [5, 5.41) is 2.92. The number of hydrogen-bond donors (Lipinski definition) is 1. The Morgan fingerprint density at radius 2 is 1.70 bits per heavy atom. The number of rotatable bonds is 5. The Morgan fingerprint density at radius 3 is 2.41 bits per heavy atom. The molecule has 5 nitrogen and oxygen atoms in total. The summed E-state index contributed by atoms with van der Waals surface area (Å²) in [6.07, 6.45) is 0.247. The SMILES string of the molecule is Cc1ccc(CNC(=O)CCn2c(=O)c(C)nc3cc(C)c(C)cc32)cc1. The molecule has 0 aliphatic carbocycles. The molecule has 1 heterocycles. The second-order valence-electron chi connectivity index (χ2n) is 7.09. The molecular weight excluding hydrogens is 338 g/mol. The van der Waals surface area contributed by atoms with Crippen LogP contribution in [0.4, 0.5) is 0 Å². The molecule has 0 saturated heterocycles. The van der Waals surface area contributed by atoms with Gasteiger partial charge in [0.05, 0.1) is 11.0 Å². The van der Waals surface area contributed by atoms with Crippen molar-refractivity contribution < 1.29 is 4.79 Å². The summed E-state index contributed by atoms with van der Waals surface area (Å²) in [5.41, 5.74) is 6.36. The highest BCUT2D eigenvalue weighted by Gasteiger charge is 2.11. The predicted octanol–water partition coefficient (Wildman–Crippen LogP) is 3.34. The fourth-order valence-corrected chi connectivity index (χ4v) is 3.05. The molecule has 2 aromatic carbocycles. The highest BCUT2D eigenvalue weighted by atomic mass is 16.1. The lowest BCUT2D eigenvalue weighted by Crippen LogP contribution is -2.29. The van der Waals surface area contributed by atoms with Crippen molar-refractivity contribution in [1.29, 1.82) is 0 Å². The van der Waals surface area contributed by atoms with E-state index in [0.717, 1.165) is 27.7 Å². The van der Waals surface area contributed by atoms with Crippen molar-refractivity contribution >= 4 is 16.9 Å². The lowest BCUT2D eigenvalue weighted by Gasteiger charge is -2.13. The quantitative estimate of drug-likeness (QED) is 0.756. The first kappa shape index (κ1) is 18.8. The van der Waals surface area contributed by atoms with Gasteiger partial charge in [0.25, 0.3) is 5.56 Å². The average Bonchev–Trinajstić information content (AvgIpc) is 2.63. The molecule has 27 heavy (non-hydrogen) atoms. The second kappa shape index (κ2) is 7.74. The van der Waals surface area contributed by atoms with Gasteiger partial charge in [0.15, 0.2) is 0 Å². The first-order chi connectivity index (χ1) is 12.8. The van der Waals surface area contributed by atoms with Crippen LogP contribution in [0.3, 0.4) is 0 Å². The molecule has 3 rings (SSSR count). The van der Waals surface area contributed by atoms with Crippen LogP contribution in [0.25, 0.3) is 11.0 Å². The van der Waals surface area contributed by atoms with Crippen molar-refractivity contribution in [3.05, 3.63) is 74.7 Å². The molecular formula is C22H25N3O2. The number of nitrogens with zero attached hydrogens (tertiary/aromatic N) is 2. The highest BCUT2D eigenvalue weighted by molar-refractivity contribution is 5.78. The fraction of sp³-hybridized carbons (Fsp3) is 0.318. The Hall–Kier alpha value is -2.95. The minimum atomic E-state index is -0.142. The molecule has 3 aromatic rings. The molecule has 1 amide bonds. The van der Waals surface area contributed by atoms with Crippen LogP contribution in [0.1, 0.15) is 34.4 Å². The first-order valence-corrected chi connectivity index (χ1v) is 9.16. The Labute approximate surface area is 159 Å². The molecule has 0 saturated carbocycles. The number of benzene rings is 2. The third-order valence-corrected chi connectivity index (χ3v) is 4.90. The average molecular weight is 363 g/mol. The minimum Gasteiger partial charge on any atom is -0.352 e. The van der Waals surface area contributed by atoms with Crippen LogP contribution in [0.5, 0.6) is 0 Å². The number of aryl methyl sites for hydroxylation is 5. The van der Waals surface area contributed by atoms with Gasteiger partial charge in [0.1, 0.15) is 5.69 Å². The molecule has 1 N–H and O–H groups in total. The molecule has 0 aliphatic rings. The van der Waals surface area contributed by atoms with E-state index in [9.17, 15) is 9.59 Å². The van der Waals surface area contributed by atoms with Crippen LogP contribution in [-0.2, 0) is 17.9 Å². The number of aromatic nitrogens is 2. The first-order valence-electron chi connectivity index (χ1n) is 9.16. The van der Waals surface area contributed by atoms with Gasteiger partial charge in [-0.05, 0) is 56.5 Å². The maximum atomic E-state index is 12.6. The zero-order valence-electron chi connectivity index (χ0n) is 16.3. The topological polar surface area (TPSA) is 64.0 Å². The Kier molecular flexibility index (Phi) is 5.40. The van der Waals surface area contributed by atoms with Crippen LogP contribution in [-0.4, -0.2) is 15.5 Å². The van der Waals surface area contributed by atoms with Gasteiger partial charge >= 0.3 is 0 Å². The minimum absolute atomic E-state index is 0.0751. The zero-order chi connectivity index (χ0) is 19.6. The molecule has 0 aliphatic heterocycles. The lowest BCUT2D eigenvalue weighted by molar-refractivity contribution is -0.121. The maximum Gasteiger partial charge on any atom is 0.272 e. The van der Waals surface area contributed by atoms with E-state index < -0.39 is 0 Å². The maximum absolute atomic E-state index is 12.6. The summed E-state index contributed by atoms with van der Waals surface area (Å²) in [6.45, 7) is 8.61. The van der Waals surface area contributed by atoms with Crippen LogP contribution >= 0.6 is 0 Å². The summed E-state index contributed by atoms with van der Waals surface area (Å²) in [6, 6.07) is 12.0. The van der Waals surface area contributed by atoms with Crippen LogP contribution < -0.4 is 10.9 Å². The van der Waals surface area contributed by atoms with Crippen LogP contribution in [0, 0.1) is 27.7 Å². The Bertz CT molecular complexity index is 1050. The van der Waals surface area contributed by atoms with E-state index in [0.29, 0.717) is 18.8 Å². The van der Waals surface area contributed by atoms with Gasteiger partial charge in [-0.1, -0.05) is 29.8 Å². The largest absolute Gasteiger partial charge is 0.352 e. The van der Waals surface area contributed by atoms with Gasteiger partial charge in [-0.25, -0.2) is 4.98 Å². The molecule has 5 heteroatoms. The molecule has 0 unspecified atom stereocenters. The van der Waals surface area contributed by atoms with E-state index in [1.165, 1.54) is 5.56 Å². The van der Waals surface area contributed by atoms with Crippen molar-refractivity contribution in [1.82, 2.24) is 14.9 Å². The van der Waals surface area contributed by atoms with Crippen molar-refractivity contribution in [3.8, 4) is 0 Å². The molecule has 0 fully saturated rings. The number of amides is 1. The number of nitrogens with one attached hydrogen (secondary N) is 1. The Morgan fingerprint density at radius 1 is 1.04 bits per heavy atom. The zero-order valence-corrected chi connectivity index (χ0v) is 16.3. The molecule has 0 spiro atoms. The van der Waals surface area contributed by atoms with E-state index in [4.69, 9.17) is 0 Å². The van der Waals surface area contributed by atoms with E-state index in [2.05, 4.69) is 10.3 Å². The summed E-state index contributed by atoms with van der Waals surface area (Å²) in [5.74, 6) is -0.0751. The van der Waals surface area contributed by atoms with Crippen molar-refractivity contribution in [2.75, 3.05) is 0 Å². The van der Waals surface area contributed by atoms with Gasteiger partial charge in [-0.3, -0.25) is 9.59 Å². The van der Waals surface area contributed by atoms with E-state index in [1.54, 1.807) is 11.5 Å². The van der Waals surface area contributed by atoms with Gasteiger partial charge in [-0.15, -0.1) is 0 Å². The summed E-state index contributed by atoms with van der Waals surface area (Å²) in [7, 11) is 0. The molecule has 0 radical (unpaired) electrons. The number of carbonyl (C=O) groups excluding carboxylic acids is 1. The normalized spacial score (nSPS) is 11.0. The van der Waals surface area contributed by atoms with Gasteiger partial charge in [0.2, 0.25) is 5.91 Å². The van der Waals surface area contributed by atoms with E-state index >= 15 is 0 Å².